The Morgan fingerprint density at radius 2 is 1.88 bits per heavy atom. The first-order chi connectivity index (χ1) is 15.4. The van der Waals surface area contributed by atoms with E-state index in [0.29, 0.717) is 32.2 Å². The molecular weight excluding hydrogens is 454 g/mol. The van der Waals surface area contributed by atoms with Gasteiger partial charge >= 0.3 is 12.0 Å². The van der Waals surface area contributed by atoms with Crippen LogP contribution in [0.25, 0.3) is 0 Å². The normalized spacial score (nSPS) is 16.8. The van der Waals surface area contributed by atoms with E-state index in [1.807, 2.05) is 17.5 Å². The number of nitrogens with one attached hydrogen (secondary N) is 2. The zero-order chi connectivity index (χ0) is 23.0. The van der Waals surface area contributed by atoms with Gasteiger partial charge in [-0.05, 0) is 49.3 Å². The number of benzene rings is 1. The number of hydrogen-bond donors (Lipinski definition) is 2. The third kappa shape index (κ3) is 6.38. The lowest BCUT2D eigenvalue weighted by atomic mass is 10.1. The zero-order valence-corrected chi connectivity index (χ0v) is 19.0. The Hall–Kier alpha value is -2.76. The fourth-order valence-electron chi connectivity index (χ4n) is 3.35. The molecule has 0 bridgehead atoms. The average Bonchev–Trinajstić information content (AvgIpc) is 3.31. The van der Waals surface area contributed by atoms with E-state index in [4.69, 9.17) is 4.74 Å². The number of thiophene rings is 1. The van der Waals surface area contributed by atoms with Crippen LogP contribution in [0.3, 0.4) is 0 Å². The van der Waals surface area contributed by atoms with Crippen molar-refractivity contribution in [2.75, 3.05) is 19.7 Å². The molecule has 2 heterocycles. The Bertz CT molecular complexity index is 1030. The number of esters is 1. The van der Waals surface area contributed by atoms with E-state index in [2.05, 4.69) is 10.6 Å². The molecule has 1 aliphatic rings. The minimum atomic E-state index is -3.87. The number of hydrogen-bond acceptors (Lipinski definition) is 7. The Balaban J connectivity index is 1.49. The number of amides is 3. The molecule has 0 radical (unpaired) electrons. The van der Waals surface area contributed by atoms with Crippen LogP contribution in [0.15, 0.2) is 52.7 Å². The summed E-state index contributed by atoms with van der Waals surface area (Å²) in [6.45, 7) is -0.128. The van der Waals surface area contributed by atoms with Crippen molar-refractivity contribution in [1.82, 2.24) is 14.9 Å². The van der Waals surface area contributed by atoms with Gasteiger partial charge in [-0.25, -0.2) is 13.2 Å². The Morgan fingerprint density at radius 1 is 1.09 bits per heavy atom. The van der Waals surface area contributed by atoms with E-state index in [-0.39, 0.29) is 11.4 Å². The van der Waals surface area contributed by atoms with Crippen LogP contribution in [0.1, 0.15) is 24.1 Å². The average molecular weight is 480 g/mol. The van der Waals surface area contributed by atoms with Gasteiger partial charge in [-0.3, -0.25) is 14.9 Å². The highest BCUT2D eigenvalue weighted by Crippen LogP contribution is 2.26. The SMILES string of the molecule is O=C(COC(=O)C1CCCCN1S(=O)(=O)c1ccccc1)NC(=O)NCCc1cccs1. The van der Waals surface area contributed by atoms with Gasteiger partial charge in [0.1, 0.15) is 6.04 Å². The summed E-state index contributed by atoms with van der Waals surface area (Å²) in [4.78, 5) is 37.5. The number of rotatable bonds is 8. The van der Waals surface area contributed by atoms with E-state index in [0.717, 1.165) is 9.18 Å². The Kier molecular flexibility index (Phi) is 8.37. The van der Waals surface area contributed by atoms with Gasteiger partial charge in [0, 0.05) is 18.0 Å². The summed E-state index contributed by atoms with van der Waals surface area (Å²) in [7, 11) is -3.87. The minimum Gasteiger partial charge on any atom is -0.454 e. The maximum Gasteiger partial charge on any atom is 0.324 e. The Morgan fingerprint density at radius 3 is 2.59 bits per heavy atom. The lowest BCUT2D eigenvalue weighted by molar-refractivity contribution is -0.152. The summed E-state index contributed by atoms with van der Waals surface area (Å²) in [5.74, 6) is -1.60. The van der Waals surface area contributed by atoms with E-state index in [1.165, 1.54) is 12.1 Å². The predicted octanol–water partition coefficient (Wildman–Crippen LogP) is 1.90. The number of nitrogens with zero attached hydrogens (tertiary/aromatic N) is 1. The molecule has 1 aromatic carbocycles. The maximum absolute atomic E-state index is 13.0. The summed E-state index contributed by atoms with van der Waals surface area (Å²) in [5.41, 5.74) is 0. The molecule has 11 heteroatoms. The second kappa shape index (κ2) is 11.2. The lowest BCUT2D eigenvalue weighted by Gasteiger charge is -2.32. The molecule has 172 valence electrons. The molecule has 3 rings (SSSR count). The molecule has 1 saturated heterocycles. The topological polar surface area (TPSA) is 122 Å². The predicted molar refractivity (Wildman–Crippen MR) is 118 cm³/mol. The molecule has 0 spiro atoms. The zero-order valence-electron chi connectivity index (χ0n) is 17.4. The highest BCUT2D eigenvalue weighted by atomic mass is 32.2. The highest BCUT2D eigenvalue weighted by Gasteiger charge is 2.38. The van der Waals surface area contributed by atoms with Crippen LogP contribution in [-0.4, -0.2) is 56.4 Å². The first-order valence-electron chi connectivity index (χ1n) is 10.2. The van der Waals surface area contributed by atoms with Gasteiger partial charge in [0.05, 0.1) is 4.90 Å². The number of imide groups is 1. The van der Waals surface area contributed by atoms with E-state index in [9.17, 15) is 22.8 Å². The summed E-state index contributed by atoms with van der Waals surface area (Å²) >= 11 is 1.57. The standard InChI is InChI=1S/C21H25N3O6S2/c25-19(23-21(27)22-12-11-16-7-6-14-31-16)15-30-20(26)18-10-4-5-13-24(18)32(28,29)17-8-2-1-3-9-17/h1-3,6-9,14,18H,4-5,10-13,15H2,(H2,22,23,25,27). The minimum absolute atomic E-state index is 0.0941. The summed E-state index contributed by atoms with van der Waals surface area (Å²) in [5, 5.41) is 6.58. The first-order valence-corrected chi connectivity index (χ1v) is 12.5. The van der Waals surface area contributed by atoms with E-state index >= 15 is 0 Å². The molecule has 1 aromatic heterocycles. The van der Waals surface area contributed by atoms with Crippen molar-refractivity contribution in [3.05, 3.63) is 52.7 Å². The quantitative estimate of drug-likeness (QED) is 0.558. The molecule has 2 N–H and O–H groups in total. The third-order valence-corrected chi connectivity index (χ3v) is 7.77. The molecule has 9 nitrogen and oxygen atoms in total. The smallest absolute Gasteiger partial charge is 0.324 e. The molecule has 2 aromatic rings. The van der Waals surface area contributed by atoms with Crippen LogP contribution in [0.4, 0.5) is 4.79 Å². The van der Waals surface area contributed by atoms with Crippen molar-refractivity contribution < 1.29 is 27.5 Å². The number of sulfonamides is 1. The maximum atomic E-state index is 13.0. The van der Waals surface area contributed by atoms with Crippen molar-refractivity contribution in [3.63, 3.8) is 0 Å². The van der Waals surface area contributed by atoms with E-state index < -0.39 is 40.6 Å². The first kappa shape index (κ1) is 23.9. The monoisotopic (exact) mass is 479 g/mol. The van der Waals surface area contributed by atoms with Gasteiger partial charge < -0.3 is 10.1 Å². The number of urea groups is 1. The summed E-state index contributed by atoms with van der Waals surface area (Å²) in [6.07, 6.45) is 2.23. The van der Waals surface area contributed by atoms with Gasteiger partial charge in [0.2, 0.25) is 10.0 Å². The number of ether oxygens (including phenoxy) is 1. The van der Waals surface area contributed by atoms with Crippen molar-refractivity contribution >= 4 is 39.3 Å². The Labute approximate surface area is 190 Å². The van der Waals surface area contributed by atoms with Crippen LogP contribution in [0.5, 0.6) is 0 Å². The molecule has 3 amide bonds. The number of carbonyl (C=O) groups is 3. The van der Waals surface area contributed by atoms with Gasteiger partial charge in [-0.2, -0.15) is 4.31 Å². The van der Waals surface area contributed by atoms with E-state index in [1.54, 1.807) is 29.5 Å². The van der Waals surface area contributed by atoms with Gasteiger partial charge in [0.25, 0.3) is 5.91 Å². The number of carbonyl (C=O) groups excluding carboxylic acids is 3. The van der Waals surface area contributed by atoms with Crippen LogP contribution in [-0.2, 0) is 30.8 Å². The van der Waals surface area contributed by atoms with Crippen molar-refractivity contribution in [2.45, 2.75) is 36.6 Å². The van der Waals surface area contributed by atoms with Gasteiger partial charge in [0.15, 0.2) is 6.61 Å². The fourth-order valence-corrected chi connectivity index (χ4v) is 5.73. The summed E-state index contributed by atoms with van der Waals surface area (Å²) < 4.78 is 32.1. The molecular formula is C21H25N3O6S2. The van der Waals surface area contributed by atoms with Crippen molar-refractivity contribution in [3.8, 4) is 0 Å². The van der Waals surface area contributed by atoms with Crippen LogP contribution in [0.2, 0.25) is 0 Å². The molecule has 32 heavy (non-hydrogen) atoms. The van der Waals surface area contributed by atoms with Crippen LogP contribution < -0.4 is 10.6 Å². The largest absolute Gasteiger partial charge is 0.454 e. The lowest BCUT2D eigenvalue weighted by Crippen LogP contribution is -2.49. The molecule has 1 unspecified atom stereocenters. The van der Waals surface area contributed by atoms with Crippen LogP contribution >= 0.6 is 11.3 Å². The fraction of sp³-hybridized carbons (Fsp3) is 0.381. The summed E-state index contributed by atoms with van der Waals surface area (Å²) in [6, 6.07) is 10.0. The second-order valence-electron chi connectivity index (χ2n) is 7.18. The van der Waals surface area contributed by atoms with Gasteiger partial charge in [-0.15, -0.1) is 11.3 Å². The van der Waals surface area contributed by atoms with Crippen molar-refractivity contribution in [2.24, 2.45) is 0 Å². The molecule has 1 aliphatic heterocycles. The van der Waals surface area contributed by atoms with Gasteiger partial charge in [-0.1, -0.05) is 24.3 Å². The molecule has 0 aliphatic carbocycles. The highest BCUT2D eigenvalue weighted by molar-refractivity contribution is 7.89. The third-order valence-electron chi connectivity index (χ3n) is 4.91. The molecule has 1 atom stereocenters. The van der Waals surface area contributed by atoms with Crippen molar-refractivity contribution in [1.29, 1.82) is 0 Å². The molecule has 1 fully saturated rings. The number of piperidine rings is 1. The van der Waals surface area contributed by atoms with Crippen LogP contribution in [0, 0.1) is 0 Å². The molecule has 0 saturated carbocycles. The second-order valence-corrected chi connectivity index (χ2v) is 10.1.